The van der Waals surface area contributed by atoms with Crippen LogP contribution in [0, 0.1) is 6.92 Å². The van der Waals surface area contributed by atoms with Gasteiger partial charge in [-0.3, -0.25) is 14.3 Å². The van der Waals surface area contributed by atoms with Gasteiger partial charge in [0.1, 0.15) is 0 Å². The number of aromatic nitrogens is 2. The number of thioether (sulfide) groups is 1. The van der Waals surface area contributed by atoms with Crippen LogP contribution >= 0.6 is 23.4 Å². The van der Waals surface area contributed by atoms with Crippen LogP contribution in [0.15, 0.2) is 38.9 Å². The first kappa shape index (κ1) is 19.3. The lowest BCUT2D eigenvalue weighted by Gasteiger charge is -2.23. The Morgan fingerprint density at radius 1 is 1.31 bits per heavy atom. The molecule has 1 aromatic heterocycles. The van der Waals surface area contributed by atoms with E-state index in [0.29, 0.717) is 17.6 Å². The molecule has 2 N–H and O–H groups in total. The number of H-pyrrole nitrogens is 1. The highest BCUT2D eigenvalue weighted by Crippen LogP contribution is 2.31. The number of hydrogen-bond donors (Lipinski definition) is 2. The van der Waals surface area contributed by atoms with Crippen molar-refractivity contribution in [3.05, 3.63) is 61.4 Å². The lowest BCUT2D eigenvalue weighted by molar-refractivity contribution is 0.395. The van der Waals surface area contributed by atoms with E-state index in [4.69, 9.17) is 11.6 Å². The molecule has 3 rings (SSSR count). The van der Waals surface area contributed by atoms with Crippen LogP contribution in [0.3, 0.4) is 0 Å². The highest BCUT2D eigenvalue weighted by atomic mass is 35.5. The summed E-state index contributed by atoms with van der Waals surface area (Å²) in [4.78, 5) is 26.7. The molecule has 140 valence electrons. The van der Waals surface area contributed by atoms with Gasteiger partial charge in [0.25, 0.3) is 5.56 Å². The van der Waals surface area contributed by atoms with Crippen molar-refractivity contribution >= 4 is 23.4 Å². The van der Waals surface area contributed by atoms with Crippen molar-refractivity contribution in [1.82, 2.24) is 14.9 Å². The third kappa shape index (κ3) is 5.02. The van der Waals surface area contributed by atoms with Gasteiger partial charge in [-0.25, -0.2) is 4.79 Å². The summed E-state index contributed by atoms with van der Waals surface area (Å²) in [5, 5.41) is 4.24. The minimum atomic E-state index is -0.405. The molecule has 1 aromatic carbocycles. The SMILES string of the molecule is Cc1cc(Cl)cc(Cn2ccc(=O)[nH]c2=O)c1SCCC1CCCCN1. The summed E-state index contributed by atoms with van der Waals surface area (Å²) in [6, 6.07) is 5.84. The van der Waals surface area contributed by atoms with Crippen molar-refractivity contribution in [2.75, 3.05) is 12.3 Å². The lowest BCUT2D eigenvalue weighted by Crippen LogP contribution is -2.34. The number of nitrogens with zero attached hydrogens (tertiary/aromatic N) is 1. The summed E-state index contributed by atoms with van der Waals surface area (Å²) in [6.07, 6.45) is 6.49. The Morgan fingerprint density at radius 3 is 2.88 bits per heavy atom. The van der Waals surface area contributed by atoms with Crippen LogP contribution in [0.5, 0.6) is 0 Å². The van der Waals surface area contributed by atoms with Gasteiger partial charge in [0.15, 0.2) is 0 Å². The standard InChI is InChI=1S/C19H24ClN3O2S/c1-13-10-15(20)11-14(12-23-8-5-17(24)22-19(23)25)18(13)26-9-6-16-4-2-3-7-21-16/h5,8,10-11,16,21H,2-4,6-7,9,12H2,1H3,(H,22,24,25). The largest absolute Gasteiger partial charge is 0.328 e. The summed E-state index contributed by atoms with van der Waals surface area (Å²) >= 11 is 8.06. The number of rotatable bonds is 6. The van der Waals surface area contributed by atoms with Crippen molar-refractivity contribution in [1.29, 1.82) is 0 Å². The summed E-state index contributed by atoms with van der Waals surface area (Å²) in [5.41, 5.74) is 1.33. The Hall–Kier alpha value is -1.50. The molecule has 1 aliphatic rings. The van der Waals surface area contributed by atoms with Crippen LogP contribution < -0.4 is 16.6 Å². The molecule has 0 aliphatic carbocycles. The first-order valence-corrected chi connectivity index (χ1v) is 10.3. The summed E-state index contributed by atoms with van der Waals surface area (Å²) in [5.74, 6) is 1.02. The average Bonchev–Trinajstić information content (AvgIpc) is 2.60. The minimum absolute atomic E-state index is 0.386. The normalized spacial score (nSPS) is 17.4. The maximum atomic E-state index is 12.0. The molecule has 0 bridgehead atoms. The van der Waals surface area contributed by atoms with E-state index < -0.39 is 5.69 Å². The second-order valence-electron chi connectivity index (χ2n) is 6.73. The van der Waals surface area contributed by atoms with Crippen molar-refractivity contribution in [2.24, 2.45) is 0 Å². The molecule has 0 amide bonds. The molecule has 0 radical (unpaired) electrons. The van der Waals surface area contributed by atoms with Gasteiger partial charge in [0, 0.05) is 28.2 Å². The topological polar surface area (TPSA) is 66.9 Å². The van der Waals surface area contributed by atoms with E-state index in [1.165, 1.54) is 41.0 Å². The first-order chi connectivity index (χ1) is 12.5. The highest BCUT2D eigenvalue weighted by Gasteiger charge is 2.14. The van der Waals surface area contributed by atoms with Gasteiger partial charge in [0.05, 0.1) is 6.54 Å². The van der Waals surface area contributed by atoms with E-state index in [1.54, 1.807) is 0 Å². The second kappa shape index (κ2) is 8.93. The summed E-state index contributed by atoms with van der Waals surface area (Å²) in [6.45, 7) is 3.56. The number of halogens is 1. The predicted octanol–water partition coefficient (Wildman–Crippen LogP) is 3.17. The Morgan fingerprint density at radius 2 is 2.15 bits per heavy atom. The molecule has 0 spiro atoms. The van der Waals surface area contributed by atoms with Crippen LogP contribution in [-0.4, -0.2) is 27.9 Å². The third-order valence-electron chi connectivity index (χ3n) is 4.68. The molecule has 2 aromatic rings. The Bertz CT molecular complexity index is 872. The minimum Gasteiger partial charge on any atom is -0.314 e. The fourth-order valence-electron chi connectivity index (χ4n) is 3.35. The maximum Gasteiger partial charge on any atom is 0.328 e. The van der Waals surface area contributed by atoms with Gasteiger partial charge < -0.3 is 5.32 Å². The number of hydrogen-bond acceptors (Lipinski definition) is 4. The van der Waals surface area contributed by atoms with Crippen LogP contribution in [0.4, 0.5) is 0 Å². The molecular weight excluding hydrogens is 370 g/mol. The van der Waals surface area contributed by atoms with E-state index >= 15 is 0 Å². The molecule has 1 saturated heterocycles. The molecule has 1 fully saturated rings. The molecule has 1 unspecified atom stereocenters. The molecule has 5 nitrogen and oxygen atoms in total. The number of aryl methyl sites for hydroxylation is 1. The van der Waals surface area contributed by atoms with Crippen molar-refractivity contribution in [3.63, 3.8) is 0 Å². The van der Waals surface area contributed by atoms with Crippen LogP contribution in [0.1, 0.15) is 36.8 Å². The van der Waals surface area contributed by atoms with Gasteiger partial charge in [-0.05, 0) is 61.7 Å². The van der Waals surface area contributed by atoms with Gasteiger partial charge in [-0.2, -0.15) is 0 Å². The maximum absolute atomic E-state index is 12.0. The fraction of sp³-hybridized carbons (Fsp3) is 0.474. The predicted molar refractivity (Wildman–Crippen MR) is 108 cm³/mol. The zero-order valence-corrected chi connectivity index (χ0v) is 16.5. The number of aromatic amines is 1. The number of benzene rings is 1. The van der Waals surface area contributed by atoms with Gasteiger partial charge in [-0.15, -0.1) is 11.8 Å². The average molecular weight is 394 g/mol. The lowest BCUT2D eigenvalue weighted by atomic mass is 10.0. The molecule has 7 heteroatoms. The number of piperidine rings is 1. The Labute approximate surface area is 162 Å². The molecule has 1 atom stereocenters. The smallest absolute Gasteiger partial charge is 0.314 e. The molecule has 1 aliphatic heterocycles. The monoisotopic (exact) mass is 393 g/mol. The van der Waals surface area contributed by atoms with Crippen molar-refractivity contribution < 1.29 is 0 Å². The van der Waals surface area contributed by atoms with Crippen LogP contribution in [0.25, 0.3) is 0 Å². The van der Waals surface area contributed by atoms with Gasteiger partial charge >= 0.3 is 5.69 Å². The molecule has 26 heavy (non-hydrogen) atoms. The summed E-state index contributed by atoms with van der Waals surface area (Å²) < 4.78 is 1.50. The molecule has 2 heterocycles. The first-order valence-electron chi connectivity index (χ1n) is 8.98. The van der Waals surface area contributed by atoms with E-state index in [1.807, 2.05) is 30.8 Å². The van der Waals surface area contributed by atoms with Crippen LogP contribution in [-0.2, 0) is 6.54 Å². The van der Waals surface area contributed by atoms with Crippen LogP contribution in [0.2, 0.25) is 5.02 Å². The zero-order chi connectivity index (χ0) is 18.5. The van der Waals surface area contributed by atoms with E-state index in [9.17, 15) is 9.59 Å². The van der Waals surface area contributed by atoms with Gasteiger partial charge in [-0.1, -0.05) is 18.0 Å². The Balaban J connectivity index is 1.76. The summed E-state index contributed by atoms with van der Waals surface area (Å²) in [7, 11) is 0. The van der Waals surface area contributed by atoms with E-state index in [0.717, 1.165) is 29.8 Å². The quantitative estimate of drug-likeness (QED) is 0.740. The fourth-order valence-corrected chi connectivity index (χ4v) is 4.85. The molecular formula is C19H24ClN3O2S. The molecule has 0 saturated carbocycles. The highest BCUT2D eigenvalue weighted by molar-refractivity contribution is 7.99. The van der Waals surface area contributed by atoms with Crippen molar-refractivity contribution in [2.45, 2.75) is 50.1 Å². The Kier molecular flexibility index (Phi) is 6.62. The second-order valence-corrected chi connectivity index (χ2v) is 8.27. The zero-order valence-electron chi connectivity index (χ0n) is 14.9. The third-order valence-corrected chi connectivity index (χ3v) is 6.21. The van der Waals surface area contributed by atoms with E-state index in [2.05, 4.69) is 10.3 Å². The van der Waals surface area contributed by atoms with E-state index in [-0.39, 0.29) is 5.56 Å². The van der Waals surface area contributed by atoms with Gasteiger partial charge in [0.2, 0.25) is 0 Å². The van der Waals surface area contributed by atoms with Crippen molar-refractivity contribution in [3.8, 4) is 0 Å². The number of nitrogens with one attached hydrogen (secondary N) is 2.